The van der Waals surface area contributed by atoms with Gasteiger partial charge in [0.05, 0.1) is 17.1 Å². The predicted octanol–water partition coefficient (Wildman–Crippen LogP) is 3.85. The first-order valence-electron chi connectivity index (χ1n) is 12.0. The molecule has 0 radical (unpaired) electrons. The highest BCUT2D eigenvalue weighted by atomic mass is 16.6. The molecule has 2 aromatic carbocycles. The zero-order chi connectivity index (χ0) is 25.1. The number of hydrogen-bond donors (Lipinski definition) is 0. The van der Waals surface area contributed by atoms with Crippen molar-refractivity contribution in [3.05, 3.63) is 69.3 Å². The molecule has 0 spiro atoms. The van der Waals surface area contributed by atoms with Crippen molar-refractivity contribution in [3.63, 3.8) is 0 Å². The van der Waals surface area contributed by atoms with Gasteiger partial charge < -0.3 is 9.64 Å². The molecule has 0 bridgehead atoms. The first-order chi connectivity index (χ1) is 16.8. The van der Waals surface area contributed by atoms with Crippen LogP contribution in [0.5, 0.6) is 5.75 Å². The van der Waals surface area contributed by atoms with Crippen molar-refractivity contribution < 1.29 is 24.0 Å². The number of amides is 3. The average Bonchev–Trinajstić information content (AvgIpc) is 3.13. The monoisotopic (exact) mass is 479 g/mol. The SMILES string of the molecule is CCOc1ccc(CCC2CCN(C(=O)[C@H](C)N3C(=O)c4cccc([N+](=O)[O-])c4C3=O)CC2)cc1. The molecule has 9 heteroatoms. The number of nitro groups is 1. The molecule has 0 aromatic heterocycles. The van der Waals surface area contributed by atoms with Crippen LogP contribution in [0.2, 0.25) is 0 Å². The molecule has 2 aliphatic rings. The predicted molar refractivity (Wildman–Crippen MR) is 128 cm³/mol. The summed E-state index contributed by atoms with van der Waals surface area (Å²) in [5.74, 6) is -0.414. The summed E-state index contributed by atoms with van der Waals surface area (Å²) in [5, 5.41) is 11.3. The molecule has 2 aliphatic heterocycles. The maximum atomic E-state index is 13.2. The minimum absolute atomic E-state index is 0.0307. The number of rotatable bonds is 8. The summed E-state index contributed by atoms with van der Waals surface area (Å²) in [6.45, 7) is 5.22. The van der Waals surface area contributed by atoms with E-state index in [4.69, 9.17) is 4.74 Å². The Kier molecular flexibility index (Phi) is 7.14. The van der Waals surface area contributed by atoms with E-state index >= 15 is 0 Å². The number of hydrogen-bond acceptors (Lipinski definition) is 6. The summed E-state index contributed by atoms with van der Waals surface area (Å²) in [4.78, 5) is 52.1. The Morgan fingerprint density at radius 2 is 1.80 bits per heavy atom. The number of benzene rings is 2. The van der Waals surface area contributed by atoms with E-state index in [1.54, 1.807) is 4.90 Å². The number of likely N-dealkylation sites (tertiary alicyclic amines) is 1. The van der Waals surface area contributed by atoms with Crippen molar-refractivity contribution in [3.8, 4) is 5.75 Å². The van der Waals surface area contributed by atoms with E-state index in [2.05, 4.69) is 12.1 Å². The molecule has 0 saturated carbocycles. The van der Waals surface area contributed by atoms with Gasteiger partial charge in [0.15, 0.2) is 0 Å². The molecule has 1 atom stereocenters. The summed E-state index contributed by atoms with van der Waals surface area (Å²) in [7, 11) is 0. The van der Waals surface area contributed by atoms with Gasteiger partial charge in [-0.1, -0.05) is 18.2 Å². The molecule has 4 rings (SSSR count). The first-order valence-corrected chi connectivity index (χ1v) is 12.0. The van der Waals surface area contributed by atoms with Gasteiger partial charge in [0.2, 0.25) is 5.91 Å². The quantitative estimate of drug-likeness (QED) is 0.323. The fraction of sp³-hybridized carbons (Fsp3) is 0.423. The number of carbonyl (C=O) groups is 3. The second-order valence-electron chi connectivity index (χ2n) is 9.00. The van der Waals surface area contributed by atoms with E-state index in [1.165, 1.54) is 30.7 Å². The molecule has 2 aromatic rings. The zero-order valence-electron chi connectivity index (χ0n) is 19.9. The number of nitro benzene ring substituents is 1. The van der Waals surface area contributed by atoms with Gasteiger partial charge in [-0.05, 0) is 69.2 Å². The zero-order valence-corrected chi connectivity index (χ0v) is 19.9. The van der Waals surface area contributed by atoms with Crippen LogP contribution in [0.4, 0.5) is 5.69 Å². The minimum Gasteiger partial charge on any atom is -0.494 e. The Labute approximate surface area is 203 Å². The van der Waals surface area contributed by atoms with Crippen molar-refractivity contribution in [1.82, 2.24) is 9.80 Å². The molecule has 184 valence electrons. The third kappa shape index (κ3) is 4.89. The number of carbonyl (C=O) groups excluding carboxylic acids is 3. The van der Waals surface area contributed by atoms with E-state index in [0.29, 0.717) is 25.6 Å². The fourth-order valence-electron chi connectivity index (χ4n) is 4.90. The van der Waals surface area contributed by atoms with Gasteiger partial charge in [0, 0.05) is 19.2 Å². The van der Waals surface area contributed by atoms with Crippen LogP contribution >= 0.6 is 0 Å². The Bertz CT molecular complexity index is 1140. The van der Waals surface area contributed by atoms with Crippen molar-refractivity contribution in [2.24, 2.45) is 5.92 Å². The van der Waals surface area contributed by atoms with E-state index < -0.39 is 28.5 Å². The lowest BCUT2D eigenvalue weighted by Gasteiger charge is -2.35. The fourth-order valence-corrected chi connectivity index (χ4v) is 4.90. The molecular formula is C26H29N3O6. The summed E-state index contributed by atoms with van der Waals surface area (Å²) in [5.41, 5.74) is 0.559. The Balaban J connectivity index is 1.33. The average molecular weight is 480 g/mol. The number of aryl methyl sites for hydroxylation is 1. The highest BCUT2D eigenvalue weighted by Crippen LogP contribution is 2.32. The van der Waals surface area contributed by atoms with E-state index in [9.17, 15) is 24.5 Å². The van der Waals surface area contributed by atoms with Crippen LogP contribution < -0.4 is 4.74 Å². The van der Waals surface area contributed by atoms with Gasteiger partial charge in [-0.2, -0.15) is 0 Å². The molecule has 1 fully saturated rings. The van der Waals surface area contributed by atoms with Gasteiger partial charge in [-0.3, -0.25) is 29.4 Å². The molecule has 3 amide bonds. The molecule has 0 unspecified atom stereocenters. The van der Waals surface area contributed by atoms with Crippen molar-refractivity contribution >= 4 is 23.4 Å². The third-order valence-corrected chi connectivity index (χ3v) is 6.87. The van der Waals surface area contributed by atoms with Gasteiger partial charge in [-0.15, -0.1) is 0 Å². The molecule has 1 saturated heterocycles. The maximum absolute atomic E-state index is 13.2. The van der Waals surface area contributed by atoms with Gasteiger partial charge in [0.25, 0.3) is 17.5 Å². The standard InChI is InChI=1S/C26H29N3O6/c1-3-35-20-11-9-18(10-12-20)7-8-19-13-15-27(16-14-19)24(30)17(2)28-25(31)21-5-4-6-22(29(33)34)23(21)26(28)32/h4-6,9-12,17,19H,3,7-8,13-16H2,1-2H3/t17-/m0/s1. The van der Waals surface area contributed by atoms with Crippen molar-refractivity contribution in [2.45, 2.75) is 45.6 Å². The largest absolute Gasteiger partial charge is 0.494 e. The lowest BCUT2D eigenvalue weighted by molar-refractivity contribution is -0.385. The molecule has 0 N–H and O–H groups in total. The molecule has 2 heterocycles. The summed E-state index contributed by atoms with van der Waals surface area (Å²) < 4.78 is 5.48. The molecule has 0 aliphatic carbocycles. The van der Waals surface area contributed by atoms with E-state index in [1.807, 2.05) is 19.1 Å². The lowest BCUT2D eigenvalue weighted by Crippen LogP contribution is -2.51. The van der Waals surface area contributed by atoms with Crippen LogP contribution in [-0.4, -0.2) is 58.2 Å². The molecule has 9 nitrogen and oxygen atoms in total. The van der Waals surface area contributed by atoms with Gasteiger partial charge in [0.1, 0.15) is 17.4 Å². The summed E-state index contributed by atoms with van der Waals surface area (Å²) in [6.07, 6.45) is 3.68. The number of fused-ring (bicyclic) bond motifs is 1. The summed E-state index contributed by atoms with van der Waals surface area (Å²) in [6, 6.07) is 11.0. The second kappa shape index (κ2) is 10.2. The first kappa shape index (κ1) is 24.4. The normalized spacial score (nSPS) is 16.9. The highest BCUT2D eigenvalue weighted by Gasteiger charge is 2.45. The molecule has 35 heavy (non-hydrogen) atoms. The highest BCUT2D eigenvalue weighted by molar-refractivity contribution is 6.24. The summed E-state index contributed by atoms with van der Waals surface area (Å²) >= 11 is 0. The van der Waals surface area contributed by atoms with Crippen molar-refractivity contribution in [2.75, 3.05) is 19.7 Å². The Hall–Kier alpha value is -3.75. The van der Waals surface area contributed by atoms with E-state index in [-0.39, 0.29) is 17.0 Å². The van der Waals surface area contributed by atoms with Crippen LogP contribution in [0, 0.1) is 16.0 Å². The van der Waals surface area contributed by atoms with Crippen LogP contribution in [-0.2, 0) is 11.2 Å². The minimum atomic E-state index is -1.03. The number of imide groups is 1. The van der Waals surface area contributed by atoms with Crippen LogP contribution in [0.3, 0.4) is 0 Å². The Morgan fingerprint density at radius 1 is 1.11 bits per heavy atom. The third-order valence-electron chi connectivity index (χ3n) is 6.87. The van der Waals surface area contributed by atoms with Crippen LogP contribution in [0.25, 0.3) is 0 Å². The van der Waals surface area contributed by atoms with Gasteiger partial charge in [-0.25, -0.2) is 0 Å². The number of nitrogens with zero attached hydrogens (tertiary/aromatic N) is 3. The second-order valence-corrected chi connectivity index (χ2v) is 9.00. The molecular weight excluding hydrogens is 450 g/mol. The van der Waals surface area contributed by atoms with Crippen LogP contribution in [0.15, 0.2) is 42.5 Å². The Morgan fingerprint density at radius 3 is 2.43 bits per heavy atom. The smallest absolute Gasteiger partial charge is 0.282 e. The maximum Gasteiger partial charge on any atom is 0.282 e. The van der Waals surface area contributed by atoms with Gasteiger partial charge >= 0.3 is 0 Å². The number of ether oxygens (including phenoxy) is 1. The number of piperidine rings is 1. The lowest BCUT2D eigenvalue weighted by atomic mass is 9.90. The topological polar surface area (TPSA) is 110 Å². The van der Waals surface area contributed by atoms with E-state index in [0.717, 1.165) is 36.3 Å². The van der Waals surface area contributed by atoms with Crippen LogP contribution in [0.1, 0.15) is 59.4 Å². The van der Waals surface area contributed by atoms with Crippen molar-refractivity contribution in [1.29, 1.82) is 0 Å².